The molecule has 0 atom stereocenters. The number of fused-ring (bicyclic) bond motifs is 5. The van der Waals surface area contributed by atoms with Gasteiger partial charge in [-0.25, -0.2) is 0 Å². The molecule has 0 amide bonds. The Morgan fingerprint density at radius 2 is 1.22 bits per heavy atom. The number of hydrogen-bond donors (Lipinski definition) is 0. The van der Waals surface area contributed by atoms with E-state index in [9.17, 15) is 4.79 Å². The molecular formula is C17H10O. The van der Waals surface area contributed by atoms with Crippen LogP contribution in [0, 0.1) is 0 Å². The molecule has 2 aromatic carbocycles. The van der Waals surface area contributed by atoms with E-state index in [1.165, 1.54) is 11.1 Å². The lowest BCUT2D eigenvalue weighted by molar-refractivity contribution is 0.104. The van der Waals surface area contributed by atoms with Crippen LogP contribution in [-0.4, -0.2) is 5.78 Å². The summed E-state index contributed by atoms with van der Waals surface area (Å²) in [5.74, 6) is 0.106. The first-order valence-electron chi connectivity index (χ1n) is 6.01. The minimum absolute atomic E-state index is 0.106. The van der Waals surface area contributed by atoms with Crippen LogP contribution in [0.1, 0.15) is 27.0 Å². The Bertz CT molecular complexity index is 748. The van der Waals surface area contributed by atoms with Crippen molar-refractivity contribution in [2.45, 2.75) is 0 Å². The van der Waals surface area contributed by atoms with Crippen LogP contribution in [0.3, 0.4) is 0 Å². The van der Waals surface area contributed by atoms with E-state index >= 15 is 0 Å². The normalized spacial score (nSPS) is 15.4. The van der Waals surface area contributed by atoms with Gasteiger partial charge in [0.2, 0.25) is 0 Å². The maximum atomic E-state index is 12.1. The third-order valence-electron chi connectivity index (χ3n) is 3.60. The number of benzene rings is 2. The van der Waals surface area contributed by atoms with E-state index in [2.05, 4.69) is 18.2 Å². The zero-order valence-electron chi connectivity index (χ0n) is 9.68. The molecule has 0 heterocycles. The summed E-state index contributed by atoms with van der Waals surface area (Å²) in [7, 11) is 0. The fourth-order valence-electron chi connectivity index (χ4n) is 2.77. The highest BCUT2D eigenvalue weighted by Crippen LogP contribution is 2.44. The minimum atomic E-state index is 0.106. The molecule has 18 heavy (non-hydrogen) atoms. The lowest BCUT2D eigenvalue weighted by Crippen LogP contribution is -2.06. The summed E-state index contributed by atoms with van der Waals surface area (Å²) >= 11 is 0. The van der Waals surface area contributed by atoms with Gasteiger partial charge in [-0.3, -0.25) is 4.79 Å². The molecule has 84 valence electrons. The molecule has 0 radical (unpaired) electrons. The first kappa shape index (κ1) is 9.60. The predicted molar refractivity (Wildman–Crippen MR) is 73.1 cm³/mol. The van der Waals surface area contributed by atoms with E-state index < -0.39 is 0 Å². The maximum Gasteiger partial charge on any atom is 0.187 e. The molecule has 0 bridgehead atoms. The molecule has 0 aromatic heterocycles. The first-order valence-corrected chi connectivity index (χ1v) is 6.01. The molecule has 2 aliphatic rings. The van der Waals surface area contributed by atoms with Gasteiger partial charge in [-0.15, -0.1) is 0 Å². The summed E-state index contributed by atoms with van der Waals surface area (Å²) in [6.45, 7) is 0. The Balaban J connectivity index is 2.05. The van der Waals surface area contributed by atoms with Crippen molar-refractivity contribution in [2.24, 2.45) is 0 Å². The molecule has 0 spiro atoms. The lowest BCUT2D eigenvalue weighted by atomic mass is 9.86. The summed E-state index contributed by atoms with van der Waals surface area (Å²) < 4.78 is 0. The van der Waals surface area contributed by atoms with Gasteiger partial charge >= 0.3 is 0 Å². The van der Waals surface area contributed by atoms with Crippen LogP contribution in [0.4, 0.5) is 0 Å². The van der Waals surface area contributed by atoms with Gasteiger partial charge in [-0.1, -0.05) is 48.5 Å². The minimum Gasteiger partial charge on any atom is -0.289 e. The van der Waals surface area contributed by atoms with Gasteiger partial charge in [0.25, 0.3) is 0 Å². The highest BCUT2D eigenvalue weighted by atomic mass is 16.1. The third kappa shape index (κ3) is 1.13. The van der Waals surface area contributed by atoms with Crippen LogP contribution in [0.2, 0.25) is 0 Å². The Morgan fingerprint density at radius 3 is 2.06 bits per heavy atom. The van der Waals surface area contributed by atoms with Crippen LogP contribution in [0.15, 0.2) is 54.6 Å². The molecule has 0 saturated heterocycles. The molecule has 2 aliphatic carbocycles. The Labute approximate surface area is 105 Å². The average molecular weight is 230 g/mol. The summed E-state index contributed by atoms with van der Waals surface area (Å²) in [4.78, 5) is 12.1. The van der Waals surface area contributed by atoms with E-state index in [1.807, 2.05) is 36.4 Å². The van der Waals surface area contributed by atoms with Gasteiger partial charge in [-0.2, -0.15) is 0 Å². The van der Waals surface area contributed by atoms with Crippen molar-refractivity contribution < 1.29 is 4.79 Å². The Kier molecular flexibility index (Phi) is 1.76. The highest BCUT2D eigenvalue weighted by Gasteiger charge is 2.27. The first-order chi connectivity index (χ1) is 8.84. The van der Waals surface area contributed by atoms with E-state index in [-0.39, 0.29) is 5.78 Å². The number of hydrogen-bond acceptors (Lipinski definition) is 1. The van der Waals surface area contributed by atoms with E-state index in [4.69, 9.17) is 0 Å². The quantitative estimate of drug-likeness (QED) is 0.672. The van der Waals surface area contributed by atoms with Crippen molar-refractivity contribution in [1.29, 1.82) is 0 Å². The number of carbonyl (C=O) groups excluding carboxylic acids is 1. The van der Waals surface area contributed by atoms with Crippen molar-refractivity contribution in [1.82, 2.24) is 0 Å². The van der Waals surface area contributed by atoms with Gasteiger partial charge < -0.3 is 0 Å². The number of rotatable bonds is 0. The van der Waals surface area contributed by atoms with Crippen molar-refractivity contribution in [3.05, 3.63) is 76.9 Å². The van der Waals surface area contributed by atoms with Crippen LogP contribution < -0.4 is 0 Å². The van der Waals surface area contributed by atoms with Crippen LogP contribution in [0.25, 0.3) is 17.2 Å². The van der Waals surface area contributed by atoms with E-state index in [0.29, 0.717) is 0 Å². The maximum absolute atomic E-state index is 12.1. The van der Waals surface area contributed by atoms with Crippen molar-refractivity contribution in [2.75, 3.05) is 0 Å². The van der Waals surface area contributed by atoms with Gasteiger partial charge in [0.1, 0.15) is 0 Å². The van der Waals surface area contributed by atoms with E-state index in [1.54, 1.807) is 6.08 Å². The fourth-order valence-corrected chi connectivity index (χ4v) is 2.77. The van der Waals surface area contributed by atoms with Crippen molar-refractivity contribution >= 4 is 23.0 Å². The molecule has 0 fully saturated rings. The predicted octanol–water partition coefficient (Wildman–Crippen LogP) is 3.82. The molecule has 2 aromatic rings. The molecular weight excluding hydrogens is 220 g/mol. The molecule has 0 unspecified atom stereocenters. The van der Waals surface area contributed by atoms with Crippen LogP contribution >= 0.6 is 0 Å². The van der Waals surface area contributed by atoms with Gasteiger partial charge in [0.05, 0.1) is 0 Å². The molecule has 0 aliphatic heterocycles. The third-order valence-corrected chi connectivity index (χ3v) is 3.60. The zero-order chi connectivity index (χ0) is 12.1. The van der Waals surface area contributed by atoms with Gasteiger partial charge in [0.15, 0.2) is 5.78 Å². The Hall–Kier alpha value is -2.41. The fraction of sp³-hybridized carbons (Fsp3) is 0. The largest absolute Gasteiger partial charge is 0.289 e. The molecule has 0 N–H and O–H groups in total. The topological polar surface area (TPSA) is 17.1 Å². The number of carbonyl (C=O) groups is 1. The molecule has 1 nitrogen and oxygen atoms in total. The monoisotopic (exact) mass is 230 g/mol. The van der Waals surface area contributed by atoms with Crippen molar-refractivity contribution in [3.8, 4) is 0 Å². The molecule has 1 heteroatoms. The summed E-state index contributed by atoms with van der Waals surface area (Å²) in [5.41, 5.74) is 6.45. The van der Waals surface area contributed by atoms with Crippen molar-refractivity contribution in [3.63, 3.8) is 0 Å². The van der Waals surface area contributed by atoms with Gasteiger partial charge in [0, 0.05) is 5.56 Å². The lowest BCUT2D eigenvalue weighted by Gasteiger charge is -2.16. The second kappa shape index (κ2) is 3.30. The zero-order valence-corrected chi connectivity index (χ0v) is 9.68. The summed E-state index contributed by atoms with van der Waals surface area (Å²) in [5, 5.41) is 0. The summed E-state index contributed by atoms with van der Waals surface area (Å²) in [6, 6.07) is 16.0. The average Bonchev–Trinajstić information content (AvgIpc) is 2.78. The Morgan fingerprint density at radius 1 is 0.611 bits per heavy atom. The smallest absolute Gasteiger partial charge is 0.187 e. The van der Waals surface area contributed by atoms with Crippen LogP contribution in [-0.2, 0) is 0 Å². The molecule has 4 rings (SSSR count). The second-order valence-corrected chi connectivity index (χ2v) is 4.61. The van der Waals surface area contributed by atoms with Crippen LogP contribution in [0.5, 0.6) is 0 Å². The van der Waals surface area contributed by atoms with E-state index in [0.717, 1.165) is 22.3 Å². The SMILES string of the molecule is O=C1C=C2C(=Cc3ccccc32)c2ccccc21. The summed E-state index contributed by atoms with van der Waals surface area (Å²) in [6.07, 6.45) is 3.94. The second-order valence-electron chi connectivity index (χ2n) is 4.61. The van der Waals surface area contributed by atoms with Gasteiger partial charge in [-0.05, 0) is 40.0 Å². The number of ketones is 1. The highest BCUT2D eigenvalue weighted by molar-refractivity contribution is 6.29. The number of allylic oxidation sites excluding steroid dienone is 3. The standard InChI is InChI=1S/C17H10O/c18-17-10-16-12-6-2-1-5-11(12)9-15(16)13-7-3-4-8-14(13)17/h1-10H. The molecule has 0 saturated carbocycles.